The molecule has 0 bridgehead atoms. The van der Waals surface area contributed by atoms with Gasteiger partial charge < -0.3 is 0 Å². The first-order valence-electron chi connectivity index (χ1n) is 6.56. The van der Waals surface area contributed by atoms with Gasteiger partial charge in [0.1, 0.15) is 0 Å². The molecule has 1 unspecified atom stereocenters. The van der Waals surface area contributed by atoms with Crippen LogP contribution in [-0.4, -0.2) is 40.9 Å². The quantitative estimate of drug-likeness (QED) is 0.580. The molecule has 0 saturated carbocycles. The van der Waals surface area contributed by atoms with Gasteiger partial charge in [0.2, 0.25) is 20.0 Å². The van der Waals surface area contributed by atoms with E-state index in [-0.39, 0.29) is 18.8 Å². The van der Waals surface area contributed by atoms with Crippen molar-refractivity contribution in [3.8, 4) is 0 Å². The van der Waals surface area contributed by atoms with Crippen LogP contribution < -0.4 is 9.44 Å². The minimum Gasteiger partial charge on any atom is -0.215 e. The third-order valence-electron chi connectivity index (χ3n) is 2.69. The third kappa shape index (κ3) is 8.56. The Labute approximate surface area is 117 Å². The van der Waals surface area contributed by atoms with Crippen LogP contribution in [-0.2, 0) is 20.0 Å². The van der Waals surface area contributed by atoms with Gasteiger partial charge in [0, 0.05) is 13.1 Å². The van der Waals surface area contributed by atoms with E-state index in [1.165, 1.54) is 0 Å². The van der Waals surface area contributed by atoms with Crippen molar-refractivity contribution in [1.82, 2.24) is 9.44 Å². The van der Waals surface area contributed by atoms with Gasteiger partial charge in [0.05, 0.1) is 11.0 Å². The molecule has 0 amide bonds. The molecule has 0 aromatic carbocycles. The molecule has 19 heavy (non-hydrogen) atoms. The molecule has 1 atom stereocenters. The monoisotopic (exact) mass is 314 g/mol. The van der Waals surface area contributed by atoms with Crippen molar-refractivity contribution >= 4 is 20.0 Å². The summed E-state index contributed by atoms with van der Waals surface area (Å²) >= 11 is 0. The minimum absolute atomic E-state index is 0.0319. The van der Waals surface area contributed by atoms with Crippen LogP contribution in [0.2, 0.25) is 0 Å². The maximum Gasteiger partial charge on any atom is 0.214 e. The molecule has 0 heterocycles. The zero-order chi connectivity index (χ0) is 15.1. The lowest BCUT2D eigenvalue weighted by Gasteiger charge is -2.15. The second-order valence-electron chi connectivity index (χ2n) is 5.03. The Bertz CT molecular complexity index is 443. The molecule has 0 aliphatic heterocycles. The average Bonchev–Trinajstić information content (AvgIpc) is 2.27. The zero-order valence-corrected chi connectivity index (χ0v) is 13.8. The summed E-state index contributed by atoms with van der Waals surface area (Å²) in [5.74, 6) is 0.354. The maximum atomic E-state index is 11.8. The van der Waals surface area contributed by atoms with Crippen LogP contribution in [0.3, 0.4) is 0 Å². The van der Waals surface area contributed by atoms with Crippen LogP contribution >= 0.6 is 0 Å². The Balaban J connectivity index is 4.00. The van der Waals surface area contributed by atoms with Gasteiger partial charge in [-0.2, -0.15) is 0 Å². The van der Waals surface area contributed by atoms with Crippen molar-refractivity contribution in [2.45, 2.75) is 45.8 Å². The van der Waals surface area contributed by atoms with Crippen molar-refractivity contribution in [3.63, 3.8) is 0 Å². The first-order chi connectivity index (χ1) is 8.60. The highest BCUT2D eigenvalue weighted by Gasteiger charge is 2.20. The van der Waals surface area contributed by atoms with Gasteiger partial charge in [-0.1, -0.05) is 13.8 Å². The molecule has 0 radical (unpaired) electrons. The van der Waals surface area contributed by atoms with Gasteiger partial charge >= 0.3 is 0 Å². The fourth-order valence-corrected chi connectivity index (χ4v) is 3.58. The van der Waals surface area contributed by atoms with E-state index < -0.39 is 25.3 Å². The fourth-order valence-electron chi connectivity index (χ4n) is 1.57. The normalized spacial score (nSPS) is 14.8. The fraction of sp³-hybridized carbons (Fsp3) is 1.00. The Morgan fingerprint density at radius 3 is 1.95 bits per heavy atom. The average molecular weight is 314 g/mol. The van der Waals surface area contributed by atoms with Crippen molar-refractivity contribution in [3.05, 3.63) is 0 Å². The number of hydrogen-bond acceptors (Lipinski definition) is 4. The van der Waals surface area contributed by atoms with Gasteiger partial charge in [0.25, 0.3) is 0 Å². The summed E-state index contributed by atoms with van der Waals surface area (Å²) in [5, 5.41) is -0.431. The molecule has 0 fully saturated rings. The van der Waals surface area contributed by atoms with Crippen LogP contribution in [0.1, 0.15) is 40.5 Å². The van der Waals surface area contributed by atoms with E-state index in [0.29, 0.717) is 18.8 Å². The minimum atomic E-state index is -3.30. The van der Waals surface area contributed by atoms with E-state index in [2.05, 4.69) is 9.44 Å². The zero-order valence-electron chi connectivity index (χ0n) is 12.1. The highest BCUT2D eigenvalue weighted by Crippen LogP contribution is 2.10. The van der Waals surface area contributed by atoms with E-state index in [0.717, 1.165) is 0 Å². The number of rotatable bonds is 10. The molecule has 8 heteroatoms. The van der Waals surface area contributed by atoms with Gasteiger partial charge in [-0.25, -0.2) is 26.3 Å². The first kappa shape index (κ1) is 18.8. The SMILES string of the molecule is CCS(=O)(=O)NCCCNS(=O)(=O)C(C)CC(C)C. The number of sulfonamides is 2. The lowest BCUT2D eigenvalue weighted by Crippen LogP contribution is -2.35. The highest BCUT2D eigenvalue weighted by atomic mass is 32.2. The molecule has 116 valence electrons. The Morgan fingerprint density at radius 2 is 1.47 bits per heavy atom. The van der Waals surface area contributed by atoms with Crippen molar-refractivity contribution < 1.29 is 16.8 Å². The largest absolute Gasteiger partial charge is 0.215 e. The molecule has 0 aromatic rings. The smallest absolute Gasteiger partial charge is 0.214 e. The third-order valence-corrected chi connectivity index (χ3v) is 5.95. The second-order valence-corrected chi connectivity index (χ2v) is 9.31. The van der Waals surface area contributed by atoms with E-state index in [1.807, 2.05) is 13.8 Å². The summed E-state index contributed by atoms with van der Waals surface area (Å²) < 4.78 is 50.8. The van der Waals surface area contributed by atoms with Gasteiger partial charge in [-0.3, -0.25) is 0 Å². The van der Waals surface area contributed by atoms with E-state index >= 15 is 0 Å². The van der Waals surface area contributed by atoms with Gasteiger partial charge in [0.15, 0.2) is 0 Å². The Morgan fingerprint density at radius 1 is 0.947 bits per heavy atom. The Hall–Kier alpha value is -0.180. The summed E-state index contributed by atoms with van der Waals surface area (Å²) in [6.45, 7) is 7.69. The van der Waals surface area contributed by atoms with E-state index in [9.17, 15) is 16.8 Å². The van der Waals surface area contributed by atoms with Gasteiger partial charge in [-0.15, -0.1) is 0 Å². The molecule has 6 nitrogen and oxygen atoms in total. The lowest BCUT2D eigenvalue weighted by molar-refractivity contribution is 0.526. The van der Waals surface area contributed by atoms with Crippen molar-refractivity contribution in [1.29, 1.82) is 0 Å². The standard InChI is InChI=1S/C11H26N2O4S2/c1-5-18(14,15)12-7-6-8-13-19(16,17)11(4)9-10(2)3/h10-13H,5-9H2,1-4H3. The maximum absolute atomic E-state index is 11.8. The molecular weight excluding hydrogens is 288 g/mol. The number of nitrogens with one attached hydrogen (secondary N) is 2. The van der Waals surface area contributed by atoms with Gasteiger partial charge in [-0.05, 0) is 32.6 Å². The Kier molecular flexibility index (Phi) is 8.11. The summed E-state index contributed by atoms with van der Waals surface area (Å²) in [4.78, 5) is 0. The summed E-state index contributed by atoms with van der Waals surface area (Å²) in [5.41, 5.74) is 0. The van der Waals surface area contributed by atoms with Crippen molar-refractivity contribution in [2.75, 3.05) is 18.8 Å². The summed E-state index contributed by atoms with van der Waals surface area (Å²) in [6, 6.07) is 0. The second kappa shape index (κ2) is 8.18. The van der Waals surface area contributed by atoms with Crippen LogP contribution in [0.5, 0.6) is 0 Å². The predicted octanol–water partition coefficient (Wildman–Crippen LogP) is 0.670. The molecule has 0 aliphatic carbocycles. The lowest BCUT2D eigenvalue weighted by atomic mass is 10.1. The molecule has 0 aliphatic rings. The van der Waals surface area contributed by atoms with Crippen LogP contribution in [0.4, 0.5) is 0 Å². The molecular formula is C11H26N2O4S2. The van der Waals surface area contributed by atoms with Crippen LogP contribution in [0, 0.1) is 5.92 Å². The van der Waals surface area contributed by atoms with Crippen LogP contribution in [0.15, 0.2) is 0 Å². The van der Waals surface area contributed by atoms with Crippen molar-refractivity contribution in [2.24, 2.45) is 5.92 Å². The first-order valence-corrected chi connectivity index (χ1v) is 9.76. The molecule has 0 aromatic heterocycles. The molecule has 0 rings (SSSR count). The molecule has 0 spiro atoms. The van der Waals surface area contributed by atoms with E-state index in [4.69, 9.17) is 0 Å². The van der Waals surface area contributed by atoms with Crippen LogP contribution in [0.25, 0.3) is 0 Å². The predicted molar refractivity (Wildman–Crippen MR) is 77.9 cm³/mol. The summed E-state index contributed by atoms with van der Waals surface area (Å²) in [6.07, 6.45) is 1.05. The van der Waals surface area contributed by atoms with E-state index in [1.54, 1.807) is 13.8 Å². The topological polar surface area (TPSA) is 92.3 Å². The molecule has 2 N–H and O–H groups in total. The number of hydrogen-bond donors (Lipinski definition) is 2. The molecule has 0 saturated heterocycles. The summed E-state index contributed by atoms with van der Waals surface area (Å²) in [7, 11) is -6.50. The highest BCUT2D eigenvalue weighted by molar-refractivity contribution is 7.90.